The first-order valence-electron chi connectivity index (χ1n) is 5.75. The highest BCUT2D eigenvalue weighted by Gasteiger charge is 2.45. The zero-order valence-electron chi connectivity index (χ0n) is 11.6. The molecular formula is C11H8F2I3NO6S. The monoisotopic (exact) mass is 701 g/mol. The highest BCUT2D eigenvalue weighted by molar-refractivity contribution is 14.1. The maximum Gasteiger partial charge on any atom is 0.402 e. The average molecular weight is 701 g/mol. The number of benzene rings is 1. The lowest BCUT2D eigenvalue weighted by Gasteiger charge is -2.16. The summed E-state index contributed by atoms with van der Waals surface area (Å²) >= 11 is 5.43. The van der Waals surface area contributed by atoms with E-state index in [1.807, 2.05) is 22.6 Å². The van der Waals surface area contributed by atoms with Crippen LogP contribution in [0.5, 0.6) is 0 Å². The minimum atomic E-state index is -5.70. The van der Waals surface area contributed by atoms with Crippen LogP contribution in [0.4, 0.5) is 14.5 Å². The average Bonchev–Trinajstić information content (AvgIpc) is 2.39. The summed E-state index contributed by atoms with van der Waals surface area (Å²) in [4.78, 5) is 23.3. The Morgan fingerprint density at radius 2 is 1.83 bits per heavy atom. The summed E-state index contributed by atoms with van der Waals surface area (Å²) in [5.74, 6) is -1.61. The fourth-order valence-corrected chi connectivity index (χ4v) is 5.65. The Morgan fingerprint density at radius 1 is 1.29 bits per heavy atom. The summed E-state index contributed by atoms with van der Waals surface area (Å²) in [5.41, 5.74) is 0.198. The van der Waals surface area contributed by atoms with Gasteiger partial charge in [-0.05, 0) is 73.8 Å². The molecule has 0 unspecified atom stereocenters. The fraction of sp³-hybridized carbons (Fsp3) is 0.273. The van der Waals surface area contributed by atoms with Crippen LogP contribution in [0.25, 0.3) is 0 Å². The van der Waals surface area contributed by atoms with E-state index in [0.29, 0.717) is 12.8 Å². The fourth-order valence-electron chi connectivity index (χ4n) is 1.36. The van der Waals surface area contributed by atoms with E-state index < -0.39 is 33.9 Å². The first-order chi connectivity index (χ1) is 10.8. The van der Waals surface area contributed by atoms with Gasteiger partial charge in [0.15, 0.2) is 6.61 Å². The third kappa shape index (κ3) is 5.31. The van der Waals surface area contributed by atoms with E-state index in [4.69, 9.17) is 4.55 Å². The second-order valence-corrected chi connectivity index (χ2v) is 9.22. The van der Waals surface area contributed by atoms with Gasteiger partial charge in [-0.25, -0.2) is 4.79 Å². The van der Waals surface area contributed by atoms with E-state index >= 15 is 0 Å². The van der Waals surface area contributed by atoms with Crippen LogP contribution in [-0.2, 0) is 19.6 Å². The molecule has 0 spiro atoms. The number of hydrogen-bond acceptors (Lipinski definition) is 5. The van der Waals surface area contributed by atoms with Crippen LogP contribution in [0.1, 0.15) is 17.3 Å². The van der Waals surface area contributed by atoms with E-state index in [1.54, 1.807) is 45.2 Å². The third-order valence-corrected chi connectivity index (χ3v) is 6.08. The zero-order chi connectivity index (χ0) is 18.9. The lowest BCUT2D eigenvalue weighted by atomic mass is 10.2. The predicted molar refractivity (Wildman–Crippen MR) is 106 cm³/mol. The third-order valence-electron chi connectivity index (χ3n) is 2.42. The molecule has 0 aromatic heterocycles. The van der Waals surface area contributed by atoms with Crippen molar-refractivity contribution >= 4 is 95.5 Å². The second kappa shape index (κ2) is 8.21. The molecule has 0 saturated heterocycles. The summed E-state index contributed by atoms with van der Waals surface area (Å²) in [7, 11) is -5.70. The summed E-state index contributed by atoms with van der Waals surface area (Å²) in [6.07, 6.45) is 0. The van der Waals surface area contributed by atoms with Crippen LogP contribution in [0.15, 0.2) is 6.07 Å². The summed E-state index contributed by atoms with van der Waals surface area (Å²) in [6, 6.07) is 1.52. The number of amides is 1. The molecule has 1 rings (SSSR count). The Bertz CT molecular complexity index is 799. The molecule has 0 aliphatic carbocycles. The van der Waals surface area contributed by atoms with Gasteiger partial charge in [0.25, 0.3) is 0 Å². The lowest BCUT2D eigenvalue weighted by Crippen LogP contribution is -2.34. The van der Waals surface area contributed by atoms with Gasteiger partial charge in [0.2, 0.25) is 5.91 Å². The Hall–Kier alpha value is 0.120. The number of alkyl halides is 2. The minimum Gasteiger partial charge on any atom is -0.454 e. The summed E-state index contributed by atoms with van der Waals surface area (Å²) in [6.45, 7) is -0.576. The SMILES string of the molecule is CC(=O)Nc1c(I)cc(I)c(C(=O)OCC(F)(F)S(=O)(=O)O)c1I. The van der Waals surface area contributed by atoms with E-state index in [-0.39, 0.29) is 9.13 Å². The van der Waals surface area contributed by atoms with Crippen molar-refractivity contribution < 1.29 is 36.1 Å². The Kier molecular flexibility index (Phi) is 7.58. The Balaban J connectivity index is 3.18. The molecule has 0 atom stereocenters. The minimum absolute atomic E-state index is 0.105. The molecule has 0 radical (unpaired) electrons. The maximum absolute atomic E-state index is 13.1. The van der Waals surface area contributed by atoms with Crippen molar-refractivity contribution in [2.75, 3.05) is 11.9 Å². The maximum atomic E-state index is 13.1. The van der Waals surface area contributed by atoms with Crippen molar-refractivity contribution in [1.29, 1.82) is 0 Å². The number of esters is 1. The highest BCUT2D eigenvalue weighted by Crippen LogP contribution is 2.32. The van der Waals surface area contributed by atoms with Crippen LogP contribution in [0, 0.1) is 10.7 Å². The van der Waals surface area contributed by atoms with Crippen molar-refractivity contribution in [3.63, 3.8) is 0 Å². The molecule has 2 N–H and O–H groups in total. The van der Waals surface area contributed by atoms with Gasteiger partial charge in [-0.1, -0.05) is 0 Å². The zero-order valence-corrected chi connectivity index (χ0v) is 18.9. The van der Waals surface area contributed by atoms with E-state index in [9.17, 15) is 26.8 Å². The summed E-state index contributed by atoms with van der Waals surface area (Å²) in [5, 5.41) is -2.11. The van der Waals surface area contributed by atoms with Gasteiger partial charge in [0, 0.05) is 14.1 Å². The molecule has 0 aliphatic heterocycles. The van der Waals surface area contributed by atoms with E-state index in [1.165, 1.54) is 13.0 Å². The molecular weight excluding hydrogens is 693 g/mol. The van der Waals surface area contributed by atoms with Crippen molar-refractivity contribution in [2.45, 2.75) is 12.2 Å². The molecule has 1 amide bonds. The molecule has 7 nitrogen and oxygen atoms in total. The topological polar surface area (TPSA) is 110 Å². The number of anilines is 1. The smallest absolute Gasteiger partial charge is 0.402 e. The molecule has 1 aromatic carbocycles. The molecule has 13 heteroatoms. The molecule has 0 heterocycles. The first kappa shape index (κ1) is 22.2. The number of nitrogens with one attached hydrogen (secondary N) is 1. The van der Waals surface area contributed by atoms with Crippen LogP contribution >= 0.6 is 67.8 Å². The highest BCUT2D eigenvalue weighted by atomic mass is 127. The van der Waals surface area contributed by atoms with Gasteiger partial charge in [0.05, 0.1) is 14.8 Å². The van der Waals surface area contributed by atoms with Crippen molar-refractivity contribution in [2.24, 2.45) is 0 Å². The van der Waals surface area contributed by atoms with E-state index in [0.717, 1.165) is 0 Å². The summed E-state index contributed by atoms with van der Waals surface area (Å²) < 4.78 is 61.3. The van der Waals surface area contributed by atoms with E-state index in [2.05, 4.69) is 10.1 Å². The Morgan fingerprint density at radius 3 is 2.29 bits per heavy atom. The van der Waals surface area contributed by atoms with Crippen LogP contribution in [0.2, 0.25) is 0 Å². The molecule has 134 valence electrons. The predicted octanol–water partition coefficient (Wildman–Crippen LogP) is 3.10. The van der Waals surface area contributed by atoms with Gasteiger partial charge < -0.3 is 10.1 Å². The number of carbonyl (C=O) groups excluding carboxylic acids is 2. The van der Waals surface area contributed by atoms with Gasteiger partial charge in [-0.15, -0.1) is 0 Å². The largest absolute Gasteiger partial charge is 0.454 e. The van der Waals surface area contributed by atoms with Gasteiger partial charge in [-0.2, -0.15) is 17.2 Å². The van der Waals surface area contributed by atoms with Gasteiger partial charge in [0.1, 0.15) is 0 Å². The van der Waals surface area contributed by atoms with Crippen molar-refractivity contribution in [3.05, 3.63) is 22.3 Å². The van der Waals surface area contributed by atoms with Crippen LogP contribution < -0.4 is 5.32 Å². The number of hydrogen-bond donors (Lipinski definition) is 2. The molecule has 0 bridgehead atoms. The second-order valence-electron chi connectivity index (χ2n) is 4.27. The van der Waals surface area contributed by atoms with Gasteiger partial charge >= 0.3 is 21.3 Å². The van der Waals surface area contributed by atoms with Gasteiger partial charge in [-0.3, -0.25) is 9.35 Å². The number of halogens is 5. The molecule has 0 saturated carbocycles. The first-order valence-corrected chi connectivity index (χ1v) is 10.4. The van der Waals surface area contributed by atoms with Crippen LogP contribution in [-0.4, -0.2) is 36.7 Å². The van der Waals surface area contributed by atoms with Crippen LogP contribution in [0.3, 0.4) is 0 Å². The molecule has 24 heavy (non-hydrogen) atoms. The molecule has 0 aliphatic rings. The quantitative estimate of drug-likeness (QED) is 0.278. The normalized spacial score (nSPS) is 12.0. The van der Waals surface area contributed by atoms with Crippen molar-refractivity contribution in [1.82, 2.24) is 0 Å². The standard InChI is InChI=1S/C11H8F2I3NO6S/c1-4(18)17-9-6(15)2-5(14)7(8(9)16)10(19)23-3-11(12,13)24(20,21)22/h2H,3H2,1H3,(H,17,18)(H,20,21,22). The molecule has 0 fully saturated rings. The number of ether oxygens (including phenoxy) is 1. The number of carbonyl (C=O) groups is 2. The number of rotatable bonds is 5. The Labute approximate surface area is 176 Å². The molecule has 1 aromatic rings. The lowest BCUT2D eigenvalue weighted by molar-refractivity contribution is -0.114. The van der Waals surface area contributed by atoms with Crippen molar-refractivity contribution in [3.8, 4) is 0 Å².